The Balaban J connectivity index is 1.42. The summed E-state index contributed by atoms with van der Waals surface area (Å²) in [6.07, 6.45) is 3.59. The summed E-state index contributed by atoms with van der Waals surface area (Å²) < 4.78 is 36.4. The van der Waals surface area contributed by atoms with E-state index in [-0.39, 0.29) is 15.8 Å². The number of sulfonamides is 1. The maximum Gasteiger partial charge on any atom is 0.272 e. The van der Waals surface area contributed by atoms with Gasteiger partial charge in [-0.1, -0.05) is 41.9 Å². The Labute approximate surface area is 224 Å². The molecule has 0 aliphatic heterocycles. The number of aryl methyl sites for hydroxylation is 1. The van der Waals surface area contributed by atoms with E-state index in [1.54, 1.807) is 10.7 Å². The Morgan fingerprint density at radius 2 is 1.95 bits per heavy atom. The van der Waals surface area contributed by atoms with Gasteiger partial charge < -0.3 is 10.5 Å². The van der Waals surface area contributed by atoms with E-state index < -0.39 is 15.6 Å². The van der Waals surface area contributed by atoms with E-state index >= 15 is 0 Å². The molecule has 0 saturated heterocycles. The monoisotopic (exact) mass is 558 g/mol. The van der Waals surface area contributed by atoms with Crippen LogP contribution < -0.4 is 15.2 Å². The number of carbonyl (C=O) groups is 1. The molecule has 8 nitrogen and oxygen atoms in total. The Bertz CT molecular complexity index is 1570. The molecule has 194 valence electrons. The summed E-state index contributed by atoms with van der Waals surface area (Å²) in [7, 11) is -2.36. The molecular formula is C26H27ClN4O4S2. The smallest absolute Gasteiger partial charge is 0.272 e. The number of fused-ring (bicyclic) bond motifs is 1. The number of hydrogen-bond donors (Lipinski definition) is 2. The average Bonchev–Trinajstić information content (AvgIpc) is 3.45. The Morgan fingerprint density at radius 1 is 1.19 bits per heavy atom. The lowest BCUT2D eigenvalue weighted by atomic mass is 9.73. The van der Waals surface area contributed by atoms with Crippen molar-refractivity contribution in [3.8, 4) is 5.75 Å². The highest BCUT2D eigenvalue weighted by molar-refractivity contribution is 7.94. The number of carbonyl (C=O) groups excluding carboxylic acids is 1. The summed E-state index contributed by atoms with van der Waals surface area (Å²) in [4.78, 5) is 12.5. The molecule has 0 spiro atoms. The first-order valence-corrected chi connectivity index (χ1v) is 14.6. The van der Waals surface area contributed by atoms with E-state index in [1.807, 2.05) is 36.4 Å². The highest BCUT2D eigenvalue weighted by Gasteiger charge is 2.39. The van der Waals surface area contributed by atoms with Gasteiger partial charge in [0.1, 0.15) is 9.96 Å². The van der Waals surface area contributed by atoms with Crippen molar-refractivity contribution in [3.05, 3.63) is 70.1 Å². The molecule has 1 aliphatic carbocycles. The predicted octanol–water partition coefficient (Wildman–Crippen LogP) is 4.99. The topological polar surface area (TPSA) is 116 Å². The summed E-state index contributed by atoms with van der Waals surface area (Å²) in [5.41, 5.74) is 8.28. The van der Waals surface area contributed by atoms with Crippen LogP contribution in [0.25, 0.3) is 10.9 Å². The molecule has 0 amide bonds. The first-order valence-electron chi connectivity index (χ1n) is 11.9. The second-order valence-electron chi connectivity index (χ2n) is 9.28. The average molecular weight is 559 g/mol. The predicted molar refractivity (Wildman–Crippen MR) is 146 cm³/mol. The van der Waals surface area contributed by atoms with Gasteiger partial charge in [-0.15, -0.1) is 11.3 Å². The number of anilines is 1. The number of nitrogens with zero attached hydrogens (tertiary/aromatic N) is 2. The van der Waals surface area contributed by atoms with Crippen molar-refractivity contribution < 1.29 is 17.9 Å². The van der Waals surface area contributed by atoms with Gasteiger partial charge in [-0.05, 0) is 61.1 Å². The molecule has 2 aromatic heterocycles. The Morgan fingerprint density at radius 3 is 2.62 bits per heavy atom. The fraction of sp³-hybridized carbons (Fsp3) is 0.308. The van der Waals surface area contributed by atoms with E-state index in [4.69, 9.17) is 22.1 Å². The van der Waals surface area contributed by atoms with Gasteiger partial charge in [0.15, 0.2) is 11.6 Å². The normalized spacial score (nSPS) is 14.9. The van der Waals surface area contributed by atoms with Crippen LogP contribution in [0, 0.1) is 0 Å². The van der Waals surface area contributed by atoms with Gasteiger partial charge >= 0.3 is 0 Å². The number of nitrogens with two attached hydrogens (primary N) is 1. The van der Waals surface area contributed by atoms with E-state index in [1.165, 1.54) is 19.2 Å². The molecule has 2 aromatic carbocycles. The fourth-order valence-electron chi connectivity index (χ4n) is 4.58. The van der Waals surface area contributed by atoms with Crippen LogP contribution >= 0.6 is 22.9 Å². The number of benzene rings is 2. The molecule has 0 radical (unpaired) electrons. The summed E-state index contributed by atoms with van der Waals surface area (Å²) in [5, 5.41) is 5.17. The highest BCUT2D eigenvalue weighted by atomic mass is 35.5. The summed E-state index contributed by atoms with van der Waals surface area (Å²) in [5.74, 6) is 0.801. The molecule has 3 N–H and O–H groups in total. The SMILES string of the molecule is COc1cccc2c1c(NS(=O)(=O)c1ccc(Cl)s1)nn2Cc1cccc(CCC(=O)C2(N)CCC2)c1. The molecule has 1 fully saturated rings. The summed E-state index contributed by atoms with van der Waals surface area (Å²) in [6.45, 7) is 0.402. The van der Waals surface area contributed by atoms with Crippen LogP contribution in [0.1, 0.15) is 36.8 Å². The maximum absolute atomic E-state index is 13.0. The Kier molecular flexibility index (Phi) is 7.01. The van der Waals surface area contributed by atoms with Crippen molar-refractivity contribution in [3.63, 3.8) is 0 Å². The zero-order valence-corrected chi connectivity index (χ0v) is 22.6. The number of rotatable bonds is 10. The molecule has 1 aliphatic rings. The number of ketones is 1. The molecule has 4 aromatic rings. The number of thiophene rings is 1. The molecule has 0 atom stereocenters. The van der Waals surface area contributed by atoms with Crippen LogP contribution in [-0.2, 0) is 27.8 Å². The highest BCUT2D eigenvalue weighted by Crippen LogP contribution is 2.35. The number of nitrogens with one attached hydrogen (secondary N) is 1. The molecule has 1 saturated carbocycles. The van der Waals surface area contributed by atoms with Crippen molar-refractivity contribution in [2.24, 2.45) is 5.73 Å². The fourth-order valence-corrected chi connectivity index (χ4v) is 7.07. The van der Waals surface area contributed by atoms with Crippen molar-refractivity contribution in [1.29, 1.82) is 0 Å². The van der Waals surface area contributed by atoms with Crippen molar-refractivity contribution in [1.82, 2.24) is 9.78 Å². The van der Waals surface area contributed by atoms with Crippen molar-refractivity contribution >= 4 is 55.5 Å². The first-order chi connectivity index (χ1) is 17.7. The van der Waals surface area contributed by atoms with E-state index in [0.29, 0.717) is 34.9 Å². The lowest BCUT2D eigenvalue weighted by molar-refractivity contribution is -0.126. The minimum absolute atomic E-state index is 0.0958. The van der Waals surface area contributed by atoms with Crippen LogP contribution in [0.3, 0.4) is 0 Å². The van der Waals surface area contributed by atoms with Crippen LogP contribution in [0.2, 0.25) is 4.34 Å². The lowest BCUT2D eigenvalue weighted by Gasteiger charge is -2.36. The van der Waals surface area contributed by atoms with Gasteiger partial charge in [0.25, 0.3) is 10.0 Å². The molecule has 11 heteroatoms. The first kappa shape index (κ1) is 25.7. The third-order valence-corrected chi connectivity index (χ3v) is 9.83. The number of ether oxygens (including phenoxy) is 1. The second kappa shape index (κ2) is 10.1. The van der Waals surface area contributed by atoms with Gasteiger partial charge in [-0.25, -0.2) is 8.42 Å². The molecule has 37 heavy (non-hydrogen) atoms. The number of aromatic nitrogens is 2. The number of halogens is 1. The summed E-state index contributed by atoms with van der Waals surface area (Å²) in [6, 6.07) is 16.4. The van der Waals surface area contributed by atoms with Gasteiger partial charge in [0.2, 0.25) is 0 Å². The van der Waals surface area contributed by atoms with Crippen LogP contribution in [-0.4, -0.2) is 36.6 Å². The molecule has 0 unspecified atom stereocenters. The van der Waals surface area contributed by atoms with Gasteiger partial charge in [-0.3, -0.25) is 14.2 Å². The minimum Gasteiger partial charge on any atom is -0.496 e. The van der Waals surface area contributed by atoms with Crippen molar-refractivity contribution in [2.75, 3.05) is 11.8 Å². The van der Waals surface area contributed by atoms with Gasteiger partial charge in [0.05, 0.1) is 34.4 Å². The summed E-state index contributed by atoms with van der Waals surface area (Å²) >= 11 is 6.92. The lowest BCUT2D eigenvalue weighted by Crippen LogP contribution is -2.53. The van der Waals surface area contributed by atoms with Gasteiger partial charge in [-0.2, -0.15) is 5.10 Å². The van der Waals surface area contributed by atoms with E-state index in [9.17, 15) is 13.2 Å². The minimum atomic E-state index is -3.89. The number of methoxy groups -OCH3 is 1. The maximum atomic E-state index is 13.0. The van der Waals surface area contributed by atoms with E-state index in [0.717, 1.165) is 47.2 Å². The second-order valence-corrected chi connectivity index (χ2v) is 12.9. The molecule has 5 rings (SSSR count). The molecule has 2 heterocycles. The van der Waals surface area contributed by atoms with Crippen LogP contribution in [0.4, 0.5) is 5.82 Å². The standard InChI is InChI=1S/C26H27ClN4O4S2/c1-35-20-8-3-7-19-24(20)25(30-37(33,34)23-12-11-22(27)36-23)29-31(19)16-18-6-2-5-17(15-18)9-10-21(32)26(28)13-4-14-26/h2-3,5-8,11-12,15H,4,9-10,13-14,16,28H2,1H3,(H,29,30). The van der Waals surface area contributed by atoms with Crippen molar-refractivity contribution in [2.45, 2.75) is 48.4 Å². The third kappa shape index (κ3) is 5.24. The number of Topliss-reactive ketones (excluding diaryl/α,β-unsaturated/α-hetero) is 1. The number of hydrogen-bond acceptors (Lipinski definition) is 7. The van der Waals surface area contributed by atoms with Crippen LogP contribution in [0.5, 0.6) is 5.75 Å². The third-order valence-electron chi connectivity index (χ3n) is 6.77. The molecule has 0 bridgehead atoms. The largest absolute Gasteiger partial charge is 0.496 e. The van der Waals surface area contributed by atoms with E-state index in [2.05, 4.69) is 9.82 Å². The molecular weight excluding hydrogens is 532 g/mol. The quantitative estimate of drug-likeness (QED) is 0.283. The zero-order valence-electron chi connectivity index (χ0n) is 20.2. The van der Waals surface area contributed by atoms with Crippen LogP contribution in [0.15, 0.2) is 58.8 Å². The van der Waals surface area contributed by atoms with Gasteiger partial charge in [0, 0.05) is 6.42 Å². The Hall–Kier alpha value is -2.92. The zero-order chi connectivity index (χ0) is 26.2.